The summed E-state index contributed by atoms with van der Waals surface area (Å²) in [6.45, 7) is 1.93. The first kappa shape index (κ1) is 12.4. The molecule has 1 aromatic carbocycles. The second-order valence-corrected chi connectivity index (χ2v) is 4.45. The number of benzene rings is 1. The van der Waals surface area contributed by atoms with E-state index in [-0.39, 0.29) is 5.78 Å². The van der Waals surface area contributed by atoms with Gasteiger partial charge in [-0.3, -0.25) is 4.79 Å². The molecule has 0 radical (unpaired) electrons. The summed E-state index contributed by atoms with van der Waals surface area (Å²) in [5.74, 6) is 1.02. The molecular weight excluding hydrogens is 226 g/mol. The van der Waals surface area contributed by atoms with Crippen LogP contribution >= 0.6 is 0 Å². The van der Waals surface area contributed by atoms with Crippen molar-refractivity contribution in [3.05, 3.63) is 47.5 Å². The van der Waals surface area contributed by atoms with Crippen molar-refractivity contribution in [3.8, 4) is 0 Å². The lowest BCUT2D eigenvalue weighted by Gasteiger charge is -2.05. The summed E-state index contributed by atoms with van der Waals surface area (Å²) in [6, 6.07) is 5.45. The Kier molecular flexibility index (Phi) is 3.46. The van der Waals surface area contributed by atoms with Crippen molar-refractivity contribution in [2.45, 2.75) is 19.8 Å². The smallest absolute Gasteiger partial charge is 0.163 e. The second-order valence-electron chi connectivity index (χ2n) is 4.45. The molecule has 0 aliphatic carbocycles. The van der Waals surface area contributed by atoms with Gasteiger partial charge in [-0.05, 0) is 18.6 Å². The average Bonchev–Trinajstić information content (AvgIpc) is 2.75. The molecule has 0 bridgehead atoms. The Balaban J connectivity index is 2.04. The van der Waals surface area contributed by atoms with Crippen LogP contribution < -0.4 is 5.73 Å². The van der Waals surface area contributed by atoms with E-state index in [2.05, 4.69) is 4.98 Å². The maximum Gasteiger partial charge on any atom is 0.163 e. The van der Waals surface area contributed by atoms with Gasteiger partial charge in [0, 0.05) is 43.5 Å². The van der Waals surface area contributed by atoms with E-state index in [1.807, 2.05) is 36.9 Å². The number of imidazole rings is 1. The normalized spacial score (nSPS) is 10.6. The van der Waals surface area contributed by atoms with Crippen molar-refractivity contribution in [2.24, 2.45) is 7.05 Å². The number of carbonyl (C=O) groups excluding carboxylic acids is 1. The minimum absolute atomic E-state index is 0.102. The van der Waals surface area contributed by atoms with Crippen molar-refractivity contribution >= 4 is 11.5 Å². The number of ketones is 1. The number of Topliss-reactive ketones (excluding diaryl/α,β-unsaturated/α-hetero) is 1. The van der Waals surface area contributed by atoms with Gasteiger partial charge in [-0.1, -0.05) is 12.1 Å². The summed E-state index contributed by atoms with van der Waals surface area (Å²) < 4.78 is 1.93. The molecule has 0 amide bonds. The summed E-state index contributed by atoms with van der Waals surface area (Å²) >= 11 is 0. The lowest BCUT2D eigenvalue weighted by molar-refractivity contribution is 0.0982. The predicted molar refractivity (Wildman–Crippen MR) is 71.5 cm³/mol. The Morgan fingerprint density at radius 3 is 2.83 bits per heavy atom. The molecule has 0 unspecified atom stereocenters. The topological polar surface area (TPSA) is 60.9 Å². The number of nitrogens with two attached hydrogens (primary N) is 1. The van der Waals surface area contributed by atoms with Crippen LogP contribution in [0.25, 0.3) is 0 Å². The Morgan fingerprint density at radius 1 is 1.44 bits per heavy atom. The number of nitrogen functional groups attached to an aromatic ring is 1. The van der Waals surface area contributed by atoms with Crippen LogP contribution in [0, 0.1) is 6.92 Å². The highest BCUT2D eigenvalue weighted by Gasteiger charge is 2.09. The predicted octanol–water partition coefficient (Wildman–Crippen LogP) is 2.13. The van der Waals surface area contributed by atoms with Crippen molar-refractivity contribution in [1.29, 1.82) is 0 Å². The van der Waals surface area contributed by atoms with Crippen LogP contribution in [0.5, 0.6) is 0 Å². The maximum atomic E-state index is 12.0. The molecule has 4 heteroatoms. The first-order chi connectivity index (χ1) is 8.58. The van der Waals surface area contributed by atoms with Crippen LogP contribution in [-0.2, 0) is 13.5 Å². The van der Waals surface area contributed by atoms with E-state index in [0.717, 1.165) is 11.4 Å². The zero-order chi connectivity index (χ0) is 13.1. The lowest BCUT2D eigenvalue weighted by atomic mass is 10.0. The summed E-state index contributed by atoms with van der Waals surface area (Å²) in [4.78, 5) is 16.2. The van der Waals surface area contributed by atoms with E-state index in [9.17, 15) is 4.79 Å². The highest BCUT2D eigenvalue weighted by molar-refractivity contribution is 5.97. The van der Waals surface area contributed by atoms with Gasteiger partial charge in [0.1, 0.15) is 5.82 Å². The Bertz CT molecular complexity index is 572. The fraction of sp³-hybridized carbons (Fsp3) is 0.286. The highest BCUT2D eigenvalue weighted by atomic mass is 16.1. The van der Waals surface area contributed by atoms with Crippen molar-refractivity contribution in [1.82, 2.24) is 9.55 Å². The van der Waals surface area contributed by atoms with Gasteiger partial charge in [-0.15, -0.1) is 0 Å². The maximum absolute atomic E-state index is 12.0. The lowest BCUT2D eigenvalue weighted by Crippen LogP contribution is -2.05. The Labute approximate surface area is 106 Å². The average molecular weight is 243 g/mol. The number of aryl methyl sites for hydroxylation is 3. The molecule has 4 nitrogen and oxygen atoms in total. The minimum atomic E-state index is 0.102. The van der Waals surface area contributed by atoms with E-state index >= 15 is 0 Å². The summed E-state index contributed by atoms with van der Waals surface area (Å²) in [7, 11) is 1.93. The highest BCUT2D eigenvalue weighted by Crippen LogP contribution is 2.15. The van der Waals surface area contributed by atoms with Crippen molar-refractivity contribution < 1.29 is 4.79 Å². The summed E-state index contributed by atoms with van der Waals surface area (Å²) in [6.07, 6.45) is 4.72. The minimum Gasteiger partial charge on any atom is -0.398 e. The fourth-order valence-corrected chi connectivity index (χ4v) is 1.82. The number of hydrogen-bond donors (Lipinski definition) is 1. The summed E-state index contributed by atoms with van der Waals surface area (Å²) in [5, 5.41) is 0. The van der Waals surface area contributed by atoms with Crippen LogP contribution in [0.15, 0.2) is 30.6 Å². The van der Waals surface area contributed by atoms with Gasteiger partial charge in [-0.2, -0.15) is 0 Å². The zero-order valence-corrected chi connectivity index (χ0v) is 10.7. The molecule has 2 aromatic rings. The summed E-state index contributed by atoms with van der Waals surface area (Å²) in [5.41, 5.74) is 8.14. The van der Waals surface area contributed by atoms with E-state index in [4.69, 9.17) is 5.73 Å². The molecule has 1 aromatic heterocycles. The van der Waals surface area contributed by atoms with Crippen LogP contribution in [0.2, 0.25) is 0 Å². The number of aromatic nitrogens is 2. The SMILES string of the molecule is Cc1ccc(C(=O)CCc2nccn2C)cc1N. The molecule has 1 heterocycles. The van der Waals surface area contributed by atoms with Gasteiger partial charge >= 0.3 is 0 Å². The first-order valence-corrected chi connectivity index (χ1v) is 5.93. The molecule has 0 saturated carbocycles. The zero-order valence-electron chi connectivity index (χ0n) is 10.7. The third kappa shape index (κ3) is 2.59. The number of anilines is 1. The molecule has 0 aliphatic rings. The van der Waals surface area contributed by atoms with E-state index in [1.165, 1.54) is 0 Å². The molecule has 0 aliphatic heterocycles. The van der Waals surface area contributed by atoms with Gasteiger partial charge in [0.15, 0.2) is 5.78 Å². The van der Waals surface area contributed by atoms with E-state index in [1.54, 1.807) is 12.3 Å². The largest absolute Gasteiger partial charge is 0.398 e. The molecular formula is C14H17N3O. The van der Waals surface area contributed by atoms with E-state index in [0.29, 0.717) is 24.1 Å². The molecule has 0 atom stereocenters. The van der Waals surface area contributed by atoms with Gasteiger partial charge in [0.05, 0.1) is 0 Å². The first-order valence-electron chi connectivity index (χ1n) is 5.93. The fourth-order valence-electron chi connectivity index (χ4n) is 1.82. The standard InChI is InChI=1S/C14H17N3O/c1-10-3-4-11(9-12(10)15)13(18)5-6-14-16-7-8-17(14)2/h3-4,7-9H,5-6,15H2,1-2H3. The van der Waals surface area contributed by atoms with Gasteiger partial charge in [0.2, 0.25) is 0 Å². The third-order valence-electron chi connectivity index (χ3n) is 3.10. The quantitative estimate of drug-likeness (QED) is 0.661. The number of rotatable bonds is 4. The van der Waals surface area contributed by atoms with E-state index < -0.39 is 0 Å². The van der Waals surface area contributed by atoms with Gasteiger partial charge in [-0.25, -0.2) is 4.98 Å². The molecule has 0 spiro atoms. The monoisotopic (exact) mass is 243 g/mol. The molecule has 0 saturated heterocycles. The Hall–Kier alpha value is -2.10. The van der Waals surface area contributed by atoms with Crippen LogP contribution in [-0.4, -0.2) is 15.3 Å². The van der Waals surface area contributed by atoms with Gasteiger partial charge in [0.25, 0.3) is 0 Å². The van der Waals surface area contributed by atoms with Crippen LogP contribution in [0.1, 0.15) is 28.2 Å². The van der Waals surface area contributed by atoms with Crippen molar-refractivity contribution in [3.63, 3.8) is 0 Å². The molecule has 0 fully saturated rings. The van der Waals surface area contributed by atoms with Gasteiger partial charge < -0.3 is 10.3 Å². The number of nitrogens with zero attached hydrogens (tertiary/aromatic N) is 2. The Morgan fingerprint density at radius 2 is 2.22 bits per heavy atom. The number of hydrogen-bond acceptors (Lipinski definition) is 3. The molecule has 2 rings (SSSR count). The third-order valence-corrected chi connectivity index (χ3v) is 3.10. The van der Waals surface area contributed by atoms with Crippen LogP contribution in [0.3, 0.4) is 0 Å². The number of carbonyl (C=O) groups is 1. The second kappa shape index (κ2) is 5.04. The molecule has 18 heavy (non-hydrogen) atoms. The van der Waals surface area contributed by atoms with Crippen LogP contribution in [0.4, 0.5) is 5.69 Å². The van der Waals surface area contributed by atoms with Crippen molar-refractivity contribution in [2.75, 3.05) is 5.73 Å². The molecule has 2 N–H and O–H groups in total. The molecule has 94 valence electrons.